The number of hydrogen-bond donors (Lipinski definition) is 1. The molecule has 0 saturated carbocycles. The maximum absolute atomic E-state index is 5.86. The lowest BCUT2D eigenvalue weighted by Gasteiger charge is -2.32. The highest BCUT2D eigenvalue weighted by atomic mass is 16.5. The molecule has 0 amide bonds. The van der Waals surface area contributed by atoms with E-state index >= 15 is 0 Å². The zero-order valence-corrected chi connectivity index (χ0v) is 15.2. The fraction of sp³-hybridized carbons (Fsp3) is 0.400. The summed E-state index contributed by atoms with van der Waals surface area (Å²) in [6, 6.07) is 13.8. The summed E-state index contributed by atoms with van der Waals surface area (Å²) in [5.74, 6) is 1.43. The lowest BCUT2D eigenvalue weighted by molar-refractivity contribution is 0.145. The first-order valence-electron chi connectivity index (χ1n) is 9.24. The number of aromatic amines is 1. The minimum Gasteiger partial charge on any atom is -0.478 e. The normalized spacial score (nSPS) is 16.2. The molecule has 6 nitrogen and oxygen atoms in total. The van der Waals surface area contributed by atoms with Gasteiger partial charge in [0.25, 0.3) is 0 Å². The molecule has 1 saturated heterocycles. The third-order valence-corrected chi connectivity index (χ3v) is 4.82. The van der Waals surface area contributed by atoms with E-state index in [1.807, 2.05) is 42.5 Å². The summed E-state index contributed by atoms with van der Waals surface area (Å²) in [5, 5.41) is 0. The molecule has 0 unspecified atom stereocenters. The van der Waals surface area contributed by atoms with Crippen molar-refractivity contribution in [3.05, 3.63) is 42.5 Å². The van der Waals surface area contributed by atoms with E-state index < -0.39 is 0 Å². The maximum atomic E-state index is 5.86. The standard InChI is InChI=1S/C20H25N5O/c1-24-11-13-25(14-12-24)10-5-15-26-19-9-4-8-18(21-19)20-22-16-6-2-3-7-17(16)23-20/h2-4,6-9H,5,10-15H2,1H3,(H,22,23). The van der Waals surface area contributed by atoms with Gasteiger partial charge in [-0.3, -0.25) is 0 Å². The molecule has 4 rings (SSSR count). The first-order valence-corrected chi connectivity index (χ1v) is 9.24. The Morgan fingerprint density at radius 2 is 1.85 bits per heavy atom. The molecule has 1 aliphatic heterocycles. The predicted octanol–water partition coefficient (Wildman–Crippen LogP) is 2.64. The molecule has 1 aliphatic rings. The lowest BCUT2D eigenvalue weighted by atomic mass is 10.3. The summed E-state index contributed by atoms with van der Waals surface area (Å²) < 4.78 is 5.86. The molecule has 3 heterocycles. The summed E-state index contributed by atoms with van der Waals surface area (Å²) in [6.07, 6.45) is 1.01. The summed E-state index contributed by atoms with van der Waals surface area (Å²) in [4.78, 5) is 17.4. The fourth-order valence-electron chi connectivity index (χ4n) is 3.24. The average molecular weight is 351 g/mol. The Hall–Kier alpha value is -2.44. The number of H-pyrrole nitrogens is 1. The van der Waals surface area contributed by atoms with E-state index in [2.05, 4.69) is 31.8 Å². The van der Waals surface area contributed by atoms with Crippen molar-refractivity contribution in [2.45, 2.75) is 6.42 Å². The van der Waals surface area contributed by atoms with Gasteiger partial charge in [-0.1, -0.05) is 18.2 Å². The van der Waals surface area contributed by atoms with Gasteiger partial charge in [0.05, 0.1) is 17.6 Å². The minimum atomic E-state index is 0.654. The second-order valence-electron chi connectivity index (χ2n) is 6.81. The van der Waals surface area contributed by atoms with Crippen molar-refractivity contribution in [3.63, 3.8) is 0 Å². The number of nitrogens with one attached hydrogen (secondary N) is 1. The van der Waals surface area contributed by atoms with Gasteiger partial charge in [-0.25, -0.2) is 9.97 Å². The van der Waals surface area contributed by atoms with Crippen molar-refractivity contribution in [1.82, 2.24) is 24.8 Å². The zero-order valence-electron chi connectivity index (χ0n) is 15.2. The number of ether oxygens (including phenoxy) is 1. The topological polar surface area (TPSA) is 57.3 Å². The molecule has 2 aromatic heterocycles. The summed E-state index contributed by atoms with van der Waals surface area (Å²) in [7, 11) is 2.18. The van der Waals surface area contributed by atoms with Gasteiger partial charge >= 0.3 is 0 Å². The highest BCUT2D eigenvalue weighted by Gasteiger charge is 2.13. The number of nitrogens with zero attached hydrogens (tertiary/aromatic N) is 4. The molecule has 0 spiro atoms. The van der Waals surface area contributed by atoms with E-state index in [0.717, 1.165) is 61.7 Å². The van der Waals surface area contributed by atoms with E-state index in [4.69, 9.17) is 4.74 Å². The lowest BCUT2D eigenvalue weighted by Crippen LogP contribution is -2.44. The molecule has 136 valence electrons. The number of hydrogen-bond acceptors (Lipinski definition) is 5. The van der Waals surface area contributed by atoms with E-state index in [-0.39, 0.29) is 0 Å². The van der Waals surface area contributed by atoms with Crippen LogP contribution in [0.4, 0.5) is 0 Å². The predicted molar refractivity (Wildman–Crippen MR) is 103 cm³/mol. The third-order valence-electron chi connectivity index (χ3n) is 4.82. The first kappa shape index (κ1) is 17.0. The van der Waals surface area contributed by atoms with E-state index in [1.165, 1.54) is 0 Å². The average Bonchev–Trinajstić information content (AvgIpc) is 3.11. The van der Waals surface area contributed by atoms with Crippen molar-refractivity contribution in [1.29, 1.82) is 0 Å². The molecule has 0 bridgehead atoms. The Morgan fingerprint density at radius 3 is 2.69 bits per heavy atom. The minimum absolute atomic E-state index is 0.654. The molecule has 6 heteroatoms. The highest BCUT2D eigenvalue weighted by molar-refractivity contribution is 5.78. The second kappa shape index (κ2) is 7.85. The monoisotopic (exact) mass is 351 g/mol. The molecular formula is C20H25N5O. The number of benzene rings is 1. The van der Waals surface area contributed by atoms with Gasteiger partial charge in [0.2, 0.25) is 5.88 Å². The van der Waals surface area contributed by atoms with Crippen LogP contribution in [0.1, 0.15) is 6.42 Å². The molecule has 0 atom stereocenters. The van der Waals surface area contributed by atoms with Gasteiger partial charge in [0, 0.05) is 38.8 Å². The Labute approximate surface area is 153 Å². The maximum Gasteiger partial charge on any atom is 0.213 e. The second-order valence-corrected chi connectivity index (χ2v) is 6.81. The fourth-order valence-corrected chi connectivity index (χ4v) is 3.24. The molecule has 1 N–H and O–H groups in total. The van der Waals surface area contributed by atoms with Crippen molar-refractivity contribution in [2.75, 3.05) is 46.4 Å². The van der Waals surface area contributed by atoms with E-state index in [9.17, 15) is 0 Å². The quantitative estimate of drug-likeness (QED) is 0.692. The van der Waals surface area contributed by atoms with Gasteiger partial charge in [0.1, 0.15) is 5.69 Å². The zero-order chi connectivity index (χ0) is 17.8. The number of likely N-dealkylation sites (N-methyl/N-ethyl adjacent to an activating group) is 1. The molecule has 1 aromatic carbocycles. The molecule has 1 fully saturated rings. The molecule has 26 heavy (non-hydrogen) atoms. The molecule has 3 aromatic rings. The van der Waals surface area contributed by atoms with Gasteiger partial charge in [0.15, 0.2) is 5.82 Å². The smallest absolute Gasteiger partial charge is 0.213 e. The number of para-hydroxylation sites is 2. The Balaban J connectivity index is 1.32. The highest BCUT2D eigenvalue weighted by Crippen LogP contribution is 2.20. The van der Waals surface area contributed by atoms with Crippen molar-refractivity contribution >= 4 is 11.0 Å². The van der Waals surface area contributed by atoms with Crippen LogP contribution in [-0.4, -0.2) is 71.1 Å². The van der Waals surface area contributed by atoms with Crippen LogP contribution in [0.25, 0.3) is 22.6 Å². The van der Waals surface area contributed by atoms with Crippen LogP contribution in [0.5, 0.6) is 5.88 Å². The van der Waals surface area contributed by atoms with E-state index in [1.54, 1.807) is 0 Å². The SMILES string of the molecule is CN1CCN(CCCOc2cccc(-c3nc4ccccc4[nH]3)n2)CC1. The van der Waals surface area contributed by atoms with Gasteiger partial charge in [-0.05, 0) is 31.7 Å². The van der Waals surface area contributed by atoms with E-state index in [0.29, 0.717) is 12.5 Å². The Morgan fingerprint density at radius 1 is 1.00 bits per heavy atom. The molecule has 0 aliphatic carbocycles. The number of rotatable bonds is 6. The third kappa shape index (κ3) is 4.03. The van der Waals surface area contributed by atoms with Crippen molar-refractivity contribution in [3.8, 4) is 17.4 Å². The van der Waals surface area contributed by atoms with Crippen LogP contribution < -0.4 is 4.74 Å². The summed E-state index contributed by atoms with van der Waals surface area (Å²) in [5.41, 5.74) is 2.77. The largest absolute Gasteiger partial charge is 0.478 e. The van der Waals surface area contributed by atoms with Crippen molar-refractivity contribution < 1.29 is 4.74 Å². The number of piperazine rings is 1. The van der Waals surface area contributed by atoms with Crippen LogP contribution in [-0.2, 0) is 0 Å². The molecular weight excluding hydrogens is 326 g/mol. The van der Waals surface area contributed by atoms with Crippen LogP contribution in [0, 0.1) is 0 Å². The van der Waals surface area contributed by atoms with Crippen LogP contribution >= 0.6 is 0 Å². The van der Waals surface area contributed by atoms with Crippen LogP contribution in [0.2, 0.25) is 0 Å². The Bertz CT molecular complexity index is 821. The number of aromatic nitrogens is 3. The number of pyridine rings is 1. The summed E-state index contributed by atoms with van der Waals surface area (Å²) in [6.45, 7) is 6.37. The van der Waals surface area contributed by atoms with Crippen LogP contribution in [0.15, 0.2) is 42.5 Å². The van der Waals surface area contributed by atoms with Gasteiger partial charge in [-0.2, -0.15) is 0 Å². The first-order chi connectivity index (χ1) is 12.8. The van der Waals surface area contributed by atoms with Gasteiger partial charge < -0.3 is 19.5 Å². The summed E-state index contributed by atoms with van der Waals surface area (Å²) >= 11 is 0. The molecule has 0 radical (unpaired) electrons. The number of fused-ring (bicyclic) bond motifs is 1. The van der Waals surface area contributed by atoms with Gasteiger partial charge in [-0.15, -0.1) is 0 Å². The van der Waals surface area contributed by atoms with Crippen LogP contribution in [0.3, 0.4) is 0 Å². The Kier molecular flexibility index (Phi) is 5.13. The number of imidazole rings is 1. The van der Waals surface area contributed by atoms with Crippen molar-refractivity contribution in [2.24, 2.45) is 0 Å².